The molecule has 1 aromatic carbocycles. The first-order chi connectivity index (χ1) is 10.7. The average Bonchev–Trinajstić information content (AvgIpc) is 2.54. The first-order valence-electron chi connectivity index (χ1n) is 7.31. The summed E-state index contributed by atoms with van der Waals surface area (Å²) in [4.78, 5) is 24.6. The van der Waals surface area contributed by atoms with Gasteiger partial charge in [-0.2, -0.15) is 4.31 Å². The van der Waals surface area contributed by atoms with Crippen molar-refractivity contribution in [2.24, 2.45) is 0 Å². The van der Waals surface area contributed by atoms with E-state index in [1.165, 1.54) is 29.2 Å². The molecule has 7 nitrogen and oxygen atoms in total. The second kappa shape index (κ2) is 6.67. The summed E-state index contributed by atoms with van der Waals surface area (Å²) >= 11 is 0. The van der Waals surface area contributed by atoms with E-state index in [-0.39, 0.29) is 22.9 Å². The van der Waals surface area contributed by atoms with Gasteiger partial charge in [0.15, 0.2) is 0 Å². The van der Waals surface area contributed by atoms with E-state index in [9.17, 15) is 23.1 Å². The van der Waals surface area contributed by atoms with Gasteiger partial charge in [-0.3, -0.25) is 9.59 Å². The summed E-state index contributed by atoms with van der Waals surface area (Å²) in [5, 5.41) is 9.27. The lowest BCUT2D eigenvalue weighted by atomic mass is 10.1. The van der Waals surface area contributed by atoms with Crippen LogP contribution in [0.15, 0.2) is 29.2 Å². The van der Waals surface area contributed by atoms with Gasteiger partial charge in [0.25, 0.3) is 5.91 Å². The Hall–Kier alpha value is -1.93. The fraction of sp³-hybridized carbons (Fsp3) is 0.467. The molecule has 23 heavy (non-hydrogen) atoms. The molecule has 0 spiro atoms. The largest absolute Gasteiger partial charge is 0.480 e. The quantitative estimate of drug-likeness (QED) is 0.883. The third-order valence-electron chi connectivity index (χ3n) is 3.83. The molecule has 2 rings (SSSR count). The molecule has 1 aliphatic rings. The summed E-state index contributed by atoms with van der Waals surface area (Å²) < 4.78 is 26.6. The summed E-state index contributed by atoms with van der Waals surface area (Å²) in [6.45, 7) is 0.172. The van der Waals surface area contributed by atoms with Crippen LogP contribution in [0.5, 0.6) is 0 Å². The molecule has 1 heterocycles. The van der Waals surface area contributed by atoms with Crippen LogP contribution in [0, 0.1) is 0 Å². The second-order valence-corrected chi connectivity index (χ2v) is 7.58. The number of carbonyl (C=O) groups excluding carboxylic acids is 1. The topological polar surface area (TPSA) is 95.0 Å². The SMILES string of the molecule is CN(C)C(=O)c1cccc(S(=O)(=O)N2CCCCC2C(=O)O)c1. The molecule has 1 atom stereocenters. The van der Waals surface area contributed by atoms with Gasteiger partial charge in [-0.1, -0.05) is 6.07 Å². The Morgan fingerprint density at radius 1 is 1.26 bits per heavy atom. The van der Waals surface area contributed by atoms with E-state index >= 15 is 0 Å². The van der Waals surface area contributed by atoms with Gasteiger partial charge in [0.2, 0.25) is 10.0 Å². The predicted molar refractivity (Wildman–Crippen MR) is 83.6 cm³/mol. The second-order valence-electron chi connectivity index (χ2n) is 5.69. The third kappa shape index (κ3) is 3.53. The monoisotopic (exact) mass is 340 g/mol. The first-order valence-corrected chi connectivity index (χ1v) is 8.75. The molecule has 0 radical (unpaired) electrons. The number of carboxylic acid groups (broad SMARTS) is 1. The number of carbonyl (C=O) groups is 2. The van der Waals surface area contributed by atoms with Crippen LogP contribution < -0.4 is 0 Å². The van der Waals surface area contributed by atoms with Crippen LogP contribution in [0.25, 0.3) is 0 Å². The first kappa shape index (κ1) is 17.4. The molecule has 0 bridgehead atoms. The fourth-order valence-electron chi connectivity index (χ4n) is 2.62. The molecule has 1 amide bonds. The van der Waals surface area contributed by atoms with Gasteiger partial charge in [-0.15, -0.1) is 0 Å². The molecule has 126 valence electrons. The van der Waals surface area contributed by atoms with Crippen molar-refractivity contribution in [2.45, 2.75) is 30.2 Å². The van der Waals surface area contributed by atoms with Gasteiger partial charge in [0, 0.05) is 26.2 Å². The highest BCUT2D eigenvalue weighted by Crippen LogP contribution is 2.26. The molecular weight excluding hydrogens is 320 g/mol. The summed E-state index contributed by atoms with van der Waals surface area (Å²) in [7, 11) is -0.800. The third-order valence-corrected chi connectivity index (χ3v) is 5.74. The zero-order valence-electron chi connectivity index (χ0n) is 13.1. The Morgan fingerprint density at radius 3 is 2.57 bits per heavy atom. The van der Waals surface area contributed by atoms with Crippen molar-refractivity contribution in [3.05, 3.63) is 29.8 Å². The number of hydrogen-bond donors (Lipinski definition) is 1. The number of benzene rings is 1. The van der Waals surface area contributed by atoms with Crippen molar-refractivity contribution in [1.29, 1.82) is 0 Å². The maximum atomic E-state index is 12.8. The van der Waals surface area contributed by atoms with E-state index in [0.717, 1.165) is 4.31 Å². The minimum atomic E-state index is -3.96. The standard InChI is InChI=1S/C15H20N2O5S/c1-16(2)14(18)11-6-5-7-12(10-11)23(21,22)17-9-4-3-8-13(17)15(19)20/h5-7,10,13H,3-4,8-9H2,1-2H3,(H,19,20). The molecule has 1 unspecified atom stereocenters. The highest BCUT2D eigenvalue weighted by molar-refractivity contribution is 7.89. The lowest BCUT2D eigenvalue weighted by molar-refractivity contribution is -0.142. The van der Waals surface area contributed by atoms with Crippen molar-refractivity contribution in [2.75, 3.05) is 20.6 Å². The van der Waals surface area contributed by atoms with Gasteiger partial charge in [-0.25, -0.2) is 8.42 Å². The summed E-state index contributed by atoms with van der Waals surface area (Å²) in [5.74, 6) is -1.45. The minimum Gasteiger partial charge on any atom is -0.480 e. The summed E-state index contributed by atoms with van der Waals surface area (Å²) in [6, 6.07) is 4.65. The van der Waals surface area contributed by atoms with Crippen molar-refractivity contribution < 1.29 is 23.1 Å². The van der Waals surface area contributed by atoms with Gasteiger partial charge >= 0.3 is 5.97 Å². The van der Waals surface area contributed by atoms with Crippen LogP contribution in [0.2, 0.25) is 0 Å². The molecule has 0 aromatic heterocycles. The van der Waals surface area contributed by atoms with E-state index in [1.807, 2.05) is 0 Å². The van der Waals surface area contributed by atoms with Crippen molar-refractivity contribution in [3.8, 4) is 0 Å². The number of amides is 1. The molecule has 1 fully saturated rings. The Labute approximate surface area is 135 Å². The highest BCUT2D eigenvalue weighted by Gasteiger charge is 2.37. The molecule has 1 saturated heterocycles. The number of nitrogens with zero attached hydrogens (tertiary/aromatic N) is 2. The van der Waals surface area contributed by atoms with Gasteiger partial charge in [-0.05, 0) is 37.5 Å². The van der Waals surface area contributed by atoms with Crippen LogP contribution in [0.1, 0.15) is 29.6 Å². The van der Waals surface area contributed by atoms with Gasteiger partial charge in [0.05, 0.1) is 4.90 Å². The summed E-state index contributed by atoms with van der Waals surface area (Å²) in [5.41, 5.74) is 0.250. The number of carboxylic acids is 1. The van der Waals surface area contributed by atoms with Crippen LogP contribution >= 0.6 is 0 Å². The maximum absolute atomic E-state index is 12.8. The number of rotatable bonds is 4. The molecule has 1 aromatic rings. The number of piperidine rings is 1. The van der Waals surface area contributed by atoms with Crippen molar-refractivity contribution in [1.82, 2.24) is 9.21 Å². The predicted octanol–water partition coefficient (Wildman–Crippen LogP) is 1.02. The van der Waals surface area contributed by atoms with E-state index in [2.05, 4.69) is 0 Å². The normalized spacial score (nSPS) is 19.3. The maximum Gasteiger partial charge on any atom is 0.322 e. The molecule has 1 aliphatic heterocycles. The number of sulfonamides is 1. The Kier molecular flexibility index (Phi) is 5.06. The van der Waals surface area contributed by atoms with E-state index in [1.54, 1.807) is 14.1 Å². The molecule has 0 aliphatic carbocycles. The Bertz CT molecular complexity index is 714. The number of hydrogen-bond acceptors (Lipinski definition) is 4. The molecular formula is C15H20N2O5S. The Morgan fingerprint density at radius 2 is 1.96 bits per heavy atom. The molecule has 1 N–H and O–H groups in total. The lowest BCUT2D eigenvalue weighted by Gasteiger charge is -2.31. The minimum absolute atomic E-state index is 0.0571. The van der Waals surface area contributed by atoms with Gasteiger partial charge in [0.1, 0.15) is 6.04 Å². The average molecular weight is 340 g/mol. The zero-order chi connectivity index (χ0) is 17.2. The van der Waals surface area contributed by atoms with Crippen LogP contribution in [0.3, 0.4) is 0 Å². The summed E-state index contributed by atoms with van der Waals surface area (Å²) in [6.07, 6.45) is 1.60. The fourth-order valence-corrected chi connectivity index (χ4v) is 4.32. The van der Waals surface area contributed by atoms with Crippen molar-refractivity contribution in [3.63, 3.8) is 0 Å². The van der Waals surface area contributed by atoms with E-state index in [0.29, 0.717) is 19.3 Å². The van der Waals surface area contributed by atoms with Crippen LogP contribution in [0.4, 0.5) is 0 Å². The van der Waals surface area contributed by atoms with Crippen LogP contribution in [-0.2, 0) is 14.8 Å². The molecule has 0 saturated carbocycles. The van der Waals surface area contributed by atoms with E-state index < -0.39 is 22.0 Å². The zero-order valence-corrected chi connectivity index (χ0v) is 13.9. The Balaban J connectivity index is 2.41. The molecule has 8 heteroatoms. The number of aliphatic carboxylic acids is 1. The van der Waals surface area contributed by atoms with E-state index in [4.69, 9.17) is 0 Å². The highest BCUT2D eigenvalue weighted by atomic mass is 32.2. The smallest absolute Gasteiger partial charge is 0.322 e. The van der Waals surface area contributed by atoms with Crippen LogP contribution in [-0.4, -0.2) is 61.3 Å². The van der Waals surface area contributed by atoms with Crippen molar-refractivity contribution >= 4 is 21.9 Å². The lowest BCUT2D eigenvalue weighted by Crippen LogP contribution is -2.47. The van der Waals surface area contributed by atoms with Gasteiger partial charge < -0.3 is 10.0 Å².